The Balaban J connectivity index is 1.91. The molecule has 0 radical (unpaired) electrons. The van der Waals surface area contributed by atoms with E-state index in [1.54, 1.807) is 0 Å². The van der Waals surface area contributed by atoms with Crippen molar-refractivity contribution in [1.82, 2.24) is 0 Å². The molecule has 0 atom stereocenters. The number of hydrogen-bond donors (Lipinski definition) is 2. The Kier molecular flexibility index (Phi) is 5.11. The first kappa shape index (κ1) is 16.1. The molecule has 1 aliphatic rings. The lowest BCUT2D eigenvalue weighted by molar-refractivity contribution is -0.115. The van der Waals surface area contributed by atoms with Gasteiger partial charge in [-0.3, -0.25) is 4.79 Å². The van der Waals surface area contributed by atoms with Crippen molar-refractivity contribution >= 4 is 33.0 Å². The molecule has 0 bridgehead atoms. The second kappa shape index (κ2) is 6.66. The van der Waals surface area contributed by atoms with E-state index in [-0.39, 0.29) is 28.9 Å². The molecular formula is C14H18ClNO4S. The molecule has 1 amide bonds. The Labute approximate surface area is 129 Å². The largest absolute Gasteiger partial charge is 0.506 e. The van der Waals surface area contributed by atoms with Gasteiger partial charge in [-0.05, 0) is 31.0 Å². The summed E-state index contributed by atoms with van der Waals surface area (Å²) in [6.45, 7) is 0. The van der Waals surface area contributed by atoms with E-state index in [2.05, 4.69) is 5.32 Å². The molecule has 0 aliphatic heterocycles. The van der Waals surface area contributed by atoms with Crippen molar-refractivity contribution in [3.63, 3.8) is 0 Å². The number of anilines is 1. The summed E-state index contributed by atoms with van der Waals surface area (Å²) < 4.78 is 24.1. The lowest BCUT2D eigenvalue weighted by atomic mass is 10.3. The van der Waals surface area contributed by atoms with Crippen LogP contribution in [0.3, 0.4) is 0 Å². The van der Waals surface area contributed by atoms with Crippen LogP contribution in [-0.2, 0) is 14.6 Å². The summed E-state index contributed by atoms with van der Waals surface area (Å²) in [5, 5.41) is 12.1. The molecule has 0 heterocycles. The normalized spacial score (nSPS) is 16.0. The number of benzene rings is 1. The molecule has 1 fully saturated rings. The topological polar surface area (TPSA) is 83.5 Å². The number of phenols is 1. The Bertz CT molecular complexity index is 624. The van der Waals surface area contributed by atoms with Gasteiger partial charge < -0.3 is 10.4 Å². The number of carbonyl (C=O) groups excluding carboxylic acids is 1. The van der Waals surface area contributed by atoms with Crippen molar-refractivity contribution in [1.29, 1.82) is 0 Å². The highest BCUT2D eigenvalue weighted by Gasteiger charge is 2.28. The Morgan fingerprint density at radius 3 is 2.67 bits per heavy atom. The van der Waals surface area contributed by atoms with Crippen molar-refractivity contribution in [3.05, 3.63) is 23.2 Å². The van der Waals surface area contributed by atoms with Crippen LogP contribution in [-0.4, -0.2) is 30.4 Å². The van der Waals surface area contributed by atoms with Gasteiger partial charge >= 0.3 is 0 Å². The predicted octanol–water partition coefficient (Wildman–Crippen LogP) is 2.73. The van der Waals surface area contributed by atoms with E-state index in [0.29, 0.717) is 17.9 Å². The third kappa shape index (κ3) is 4.35. The van der Waals surface area contributed by atoms with Gasteiger partial charge in [0.25, 0.3) is 0 Å². The molecule has 2 rings (SSSR count). The van der Waals surface area contributed by atoms with Gasteiger partial charge in [-0.2, -0.15) is 0 Å². The van der Waals surface area contributed by atoms with Gasteiger partial charge in [0.05, 0.1) is 16.7 Å². The van der Waals surface area contributed by atoms with Crippen molar-refractivity contribution < 1.29 is 18.3 Å². The molecular weight excluding hydrogens is 314 g/mol. The lowest BCUT2D eigenvalue weighted by Gasteiger charge is -2.11. The van der Waals surface area contributed by atoms with Gasteiger partial charge in [-0.15, -0.1) is 0 Å². The number of halogens is 1. The molecule has 21 heavy (non-hydrogen) atoms. The SMILES string of the molecule is O=C(CCS(=O)(=O)C1CCCC1)Nc1cc(Cl)ccc1O. The number of carbonyl (C=O) groups is 1. The monoisotopic (exact) mass is 331 g/mol. The van der Waals surface area contributed by atoms with Crippen molar-refractivity contribution in [3.8, 4) is 5.75 Å². The molecule has 0 spiro atoms. The number of aromatic hydroxyl groups is 1. The maximum atomic E-state index is 12.1. The van der Waals surface area contributed by atoms with Crippen molar-refractivity contribution in [2.24, 2.45) is 0 Å². The van der Waals surface area contributed by atoms with Gasteiger partial charge in [0.1, 0.15) is 5.75 Å². The van der Waals surface area contributed by atoms with Gasteiger partial charge in [0.2, 0.25) is 5.91 Å². The van der Waals surface area contributed by atoms with Crippen LogP contribution in [0.4, 0.5) is 5.69 Å². The van der Waals surface area contributed by atoms with Crippen LogP contribution in [0.25, 0.3) is 0 Å². The van der Waals surface area contributed by atoms with E-state index in [4.69, 9.17) is 11.6 Å². The summed E-state index contributed by atoms with van der Waals surface area (Å²) in [6.07, 6.45) is 3.14. The van der Waals surface area contributed by atoms with Gasteiger partial charge in [0.15, 0.2) is 9.84 Å². The Morgan fingerprint density at radius 2 is 2.00 bits per heavy atom. The lowest BCUT2D eigenvalue weighted by Crippen LogP contribution is -2.24. The summed E-state index contributed by atoms with van der Waals surface area (Å²) in [4.78, 5) is 11.8. The fourth-order valence-corrected chi connectivity index (χ4v) is 4.50. The maximum absolute atomic E-state index is 12.1. The van der Waals surface area contributed by atoms with E-state index in [0.717, 1.165) is 12.8 Å². The van der Waals surface area contributed by atoms with Gasteiger partial charge in [0, 0.05) is 11.4 Å². The first-order chi connectivity index (χ1) is 9.88. The first-order valence-corrected chi connectivity index (χ1v) is 8.98. The van der Waals surface area contributed by atoms with Gasteiger partial charge in [-0.1, -0.05) is 24.4 Å². The van der Waals surface area contributed by atoms with Crippen molar-refractivity contribution in [2.45, 2.75) is 37.4 Å². The molecule has 1 saturated carbocycles. The smallest absolute Gasteiger partial charge is 0.225 e. The summed E-state index contributed by atoms with van der Waals surface area (Å²) in [5.41, 5.74) is 0.186. The zero-order valence-corrected chi connectivity index (χ0v) is 13.1. The molecule has 0 saturated heterocycles. The van der Waals surface area contributed by atoms with Crippen LogP contribution in [0.2, 0.25) is 5.02 Å². The minimum absolute atomic E-state index is 0.105. The summed E-state index contributed by atoms with van der Waals surface area (Å²) in [6, 6.07) is 4.28. The van der Waals surface area contributed by atoms with Crippen LogP contribution < -0.4 is 5.32 Å². The fourth-order valence-electron chi connectivity index (χ4n) is 2.47. The highest BCUT2D eigenvalue weighted by atomic mass is 35.5. The average molecular weight is 332 g/mol. The number of nitrogens with one attached hydrogen (secondary N) is 1. The quantitative estimate of drug-likeness (QED) is 0.813. The van der Waals surface area contributed by atoms with Crippen LogP contribution >= 0.6 is 11.6 Å². The zero-order valence-electron chi connectivity index (χ0n) is 11.5. The maximum Gasteiger partial charge on any atom is 0.225 e. The molecule has 0 unspecified atom stereocenters. The van der Waals surface area contributed by atoms with E-state index in [1.165, 1.54) is 18.2 Å². The first-order valence-electron chi connectivity index (χ1n) is 6.88. The molecule has 5 nitrogen and oxygen atoms in total. The minimum Gasteiger partial charge on any atom is -0.506 e. The van der Waals surface area contributed by atoms with Gasteiger partial charge in [-0.25, -0.2) is 8.42 Å². The van der Waals surface area contributed by atoms with Crippen LogP contribution in [0.15, 0.2) is 18.2 Å². The second-order valence-electron chi connectivity index (χ2n) is 5.23. The highest BCUT2D eigenvalue weighted by molar-refractivity contribution is 7.92. The van der Waals surface area contributed by atoms with E-state index >= 15 is 0 Å². The molecule has 7 heteroatoms. The Morgan fingerprint density at radius 1 is 1.33 bits per heavy atom. The zero-order chi connectivity index (χ0) is 15.5. The third-order valence-electron chi connectivity index (χ3n) is 3.66. The van der Waals surface area contributed by atoms with E-state index < -0.39 is 15.7 Å². The number of phenolic OH excluding ortho intramolecular Hbond substituents is 1. The molecule has 0 aromatic heterocycles. The van der Waals surface area contributed by atoms with Crippen LogP contribution in [0.5, 0.6) is 5.75 Å². The number of rotatable bonds is 5. The standard InChI is InChI=1S/C14H18ClNO4S/c15-10-5-6-13(17)12(9-10)16-14(18)7-8-21(19,20)11-3-1-2-4-11/h5-6,9,11,17H,1-4,7-8H2,(H,16,18). The van der Waals surface area contributed by atoms with Crippen LogP contribution in [0, 0.1) is 0 Å². The van der Waals surface area contributed by atoms with E-state index in [1.807, 2.05) is 0 Å². The molecule has 1 aromatic carbocycles. The number of amides is 1. The van der Waals surface area contributed by atoms with Crippen LogP contribution in [0.1, 0.15) is 32.1 Å². The average Bonchev–Trinajstić information content (AvgIpc) is 2.96. The molecule has 1 aromatic rings. The van der Waals surface area contributed by atoms with Crippen molar-refractivity contribution in [2.75, 3.05) is 11.1 Å². The van der Waals surface area contributed by atoms with E-state index in [9.17, 15) is 18.3 Å². The molecule has 2 N–H and O–H groups in total. The third-order valence-corrected chi connectivity index (χ3v) is 6.15. The number of sulfone groups is 1. The summed E-state index contributed by atoms with van der Waals surface area (Å²) >= 11 is 5.78. The Hall–Kier alpha value is -1.27. The second-order valence-corrected chi connectivity index (χ2v) is 8.07. The predicted molar refractivity (Wildman–Crippen MR) is 82.4 cm³/mol. The molecule has 116 valence electrons. The minimum atomic E-state index is -3.22. The fraction of sp³-hybridized carbons (Fsp3) is 0.500. The summed E-state index contributed by atoms with van der Waals surface area (Å²) in [7, 11) is -3.22. The molecule has 1 aliphatic carbocycles. The summed E-state index contributed by atoms with van der Waals surface area (Å²) in [5.74, 6) is -0.717. The highest BCUT2D eigenvalue weighted by Crippen LogP contribution is 2.27. The number of hydrogen-bond acceptors (Lipinski definition) is 4.